The van der Waals surface area contributed by atoms with Crippen LogP contribution in [0.5, 0.6) is 0 Å². The van der Waals surface area contributed by atoms with E-state index in [1.807, 2.05) is 0 Å². The van der Waals surface area contributed by atoms with E-state index in [0.717, 1.165) is 19.6 Å². The molecule has 1 aliphatic rings. The number of anilines is 1. The summed E-state index contributed by atoms with van der Waals surface area (Å²) in [6.45, 7) is 5.30. The Bertz CT molecular complexity index is 450. The van der Waals surface area contributed by atoms with E-state index >= 15 is 0 Å². The van der Waals surface area contributed by atoms with Crippen LogP contribution < -0.4 is 5.32 Å². The van der Waals surface area contributed by atoms with Gasteiger partial charge in [0.2, 0.25) is 0 Å². The van der Waals surface area contributed by atoms with Crippen molar-refractivity contribution < 1.29 is 9.66 Å². The molecule has 2 unspecified atom stereocenters. The molecule has 0 spiro atoms. The highest BCUT2D eigenvalue weighted by Gasteiger charge is 2.24. The first-order valence-corrected chi connectivity index (χ1v) is 6.05. The van der Waals surface area contributed by atoms with Gasteiger partial charge >= 0.3 is 0 Å². The molecule has 0 radical (unpaired) electrons. The number of nitrogens with zero attached hydrogens (tertiary/aromatic N) is 2. The van der Waals surface area contributed by atoms with Gasteiger partial charge in [-0.3, -0.25) is 10.1 Å². The van der Waals surface area contributed by atoms with Crippen molar-refractivity contribution in [2.75, 3.05) is 18.5 Å². The highest BCUT2D eigenvalue weighted by molar-refractivity contribution is 5.44. The van der Waals surface area contributed by atoms with Crippen LogP contribution in [0, 0.1) is 23.0 Å². The summed E-state index contributed by atoms with van der Waals surface area (Å²) < 4.78 is 5.48. The van der Waals surface area contributed by atoms with Crippen LogP contribution in [0.2, 0.25) is 0 Å². The molecule has 18 heavy (non-hydrogen) atoms. The van der Waals surface area contributed by atoms with E-state index in [2.05, 4.69) is 17.2 Å². The first-order valence-electron chi connectivity index (χ1n) is 6.05. The molecule has 1 aromatic heterocycles. The molecule has 1 aromatic rings. The Balaban J connectivity index is 1.98. The molecule has 0 amide bonds. The molecule has 98 valence electrons. The standard InChI is InChI=1S/C12H17N3O3/c1-8-11(15(16)17)3-4-12(14-8)13-7-10-5-6-18-9(10)2/h3-4,9-10H,5-7H2,1-2H3,(H,13,14). The van der Waals surface area contributed by atoms with Crippen LogP contribution >= 0.6 is 0 Å². The van der Waals surface area contributed by atoms with E-state index in [-0.39, 0.29) is 11.8 Å². The highest BCUT2D eigenvalue weighted by atomic mass is 16.6. The van der Waals surface area contributed by atoms with Crippen molar-refractivity contribution in [3.63, 3.8) is 0 Å². The van der Waals surface area contributed by atoms with E-state index in [4.69, 9.17) is 4.74 Å². The van der Waals surface area contributed by atoms with E-state index in [1.165, 1.54) is 6.07 Å². The number of nitro groups is 1. The van der Waals surface area contributed by atoms with Gasteiger partial charge in [0.15, 0.2) is 0 Å². The molecule has 6 heteroatoms. The number of hydrogen-bond donors (Lipinski definition) is 1. The van der Waals surface area contributed by atoms with Gasteiger partial charge in [-0.15, -0.1) is 0 Å². The summed E-state index contributed by atoms with van der Waals surface area (Å²) in [5.74, 6) is 1.15. The van der Waals surface area contributed by atoms with Gasteiger partial charge in [0.25, 0.3) is 5.69 Å². The maximum atomic E-state index is 10.7. The lowest BCUT2D eigenvalue weighted by Gasteiger charge is -2.15. The van der Waals surface area contributed by atoms with E-state index < -0.39 is 4.92 Å². The van der Waals surface area contributed by atoms with E-state index in [9.17, 15) is 10.1 Å². The number of pyridine rings is 1. The number of ether oxygens (including phenoxy) is 1. The molecule has 6 nitrogen and oxygen atoms in total. The predicted octanol–water partition coefficient (Wildman–Crippen LogP) is 2.14. The second-order valence-corrected chi connectivity index (χ2v) is 4.56. The number of aryl methyl sites for hydroxylation is 1. The fraction of sp³-hybridized carbons (Fsp3) is 0.583. The molecule has 2 atom stereocenters. The Morgan fingerprint density at radius 1 is 1.61 bits per heavy atom. The molecule has 0 saturated carbocycles. The van der Waals surface area contributed by atoms with Crippen molar-refractivity contribution in [1.82, 2.24) is 4.98 Å². The van der Waals surface area contributed by atoms with Crippen molar-refractivity contribution in [1.29, 1.82) is 0 Å². The summed E-state index contributed by atoms with van der Waals surface area (Å²) in [6.07, 6.45) is 1.30. The van der Waals surface area contributed by atoms with Crippen molar-refractivity contribution in [3.8, 4) is 0 Å². The van der Waals surface area contributed by atoms with Crippen LogP contribution in [-0.2, 0) is 4.74 Å². The smallest absolute Gasteiger partial charge is 0.290 e. The molecule has 1 N–H and O–H groups in total. The van der Waals surface area contributed by atoms with Crippen molar-refractivity contribution in [2.24, 2.45) is 5.92 Å². The molecule has 1 fully saturated rings. The summed E-state index contributed by atoms with van der Waals surface area (Å²) in [5, 5.41) is 13.9. The van der Waals surface area contributed by atoms with Crippen LogP contribution in [0.25, 0.3) is 0 Å². The number of rotatable bonds is 4. The summed E-state index contributed by atoms with van der Waals surface area (Å²) >= 11 is 0. The number of hydrogen-bond acceptors (Lipinski definition) is 5. The minimum atomic E-state index is -0.418. The monoisotopic (exact) mass is 251 g/mol. The van der Waals surface area contributed by atoms with Crippen LogP contribution in [0.15, 0.2) is 12.1 Å². The normalized spacial score (nSPS) is 23.0. The number of nitrogens with one attached hydrogen (secondary N) is 1. The Morgan fingerprint density at radius 3 is 2.94 bits per heavy atom. The van der Waals surface area contributed by atoms with E-state index in [1.54, 1.807) is 13.0 Å². The van der Waals surface area contributed by atoms with Gasteiger partial charge in [0.05, 0.1) is 11.0 Å². The van der Waals surface area contributed by atoms with Crippen molar-refractivity contribution in [2.45, 2.75) is 26.4 Å². The summed E-state index contributed by atoms with van der Waals surface area (Å²) in [7, 11) is 0. The zero-order valence-corrected chi connectivity index (χ0v) is 10.5. The first-order chi connectivity index (χ1) is 8.58. The molecule has 0 aromatic carbocycles. The fourth-order valence-electron chi connectivity index (χ4n) is 2.12. The predicted molar refractivity (Wildman–Crippen MR) is 67.6 cm³/mol. The third-order valence-electron chi connectivity index (χ3n) is 3.33. The SMILES string of the molecule is Cc1nc(NCC2CCOC2C)ccc1[N+](=O)[O-]. The second-order valence-electron chi connectivity index (χ2n) is 4.56. The maximum absolute atomic E-state index is 10.7. The van der Waals surface area contributed by atoms with Gasteiger partial charge in [-0.1, -0.05) is 0 Å². The quantitative estimate of drug-likeness (QED) is 0.655. The molecule has 2 heterocycles. The lowest BCUT2D eigenvalue weighted by atomic mass is 10.0. The van der Waals surface area contributed by atoms with Gasteiger partial charge in [-0.25, -0.2) is 4.98 Å². The molecular weight excluding hydrogens is 234 g/mol. The van der Waals surface area contributed by atoms with Crippen molar-refractivity contribution >= 4 is 11.5 Å². The zero-order valence-electron chi connectivity index (χ0n) is 10.5. The minimum Gasteiger partial charge on any atom is -0.378 e. The fourth-order valence-corrected chi connectivity index (χ4v) is 2.12. The average Bonchev–Trinajstić information content (AvgIpc) is 2.72. The zero-order chi connectivity index (χ0) is 13.1. The second kappa shape index (κ2) is 5.30. The largest absolute Gasteiger partial charge is 0.378 e. The Hall–Kier alpha value is -1.69. The highest BCUT2D eigenvalue weighted by Crippen LogP contribution is 2.22. The summed E-state index contributed by atoms with van der Waals surface area (Å²) in [6, 6.07) is 3.13. The topological polar surface area (TPSA) is 77.3 Å². The van der Waals surface area contributed by atoms with Crippen LogP contribution in [-0.4, -0.2) is 29.2 Å². The molecule has 1 saturated heterocycles. The third-order valence-corrected chi connectivity index (χ3v) is 3.33. The molecule has 0 aliphatic carbocycles. The average molecular weight is 251 g/mol. The van der Waals surface area contributed by atoms with Gasteiger partial charge < -0.3 is 10.1 Å². The number of aromatic nitrogens is 1. The van der Waals surface area contributed by atoms with Crippen molar-refractivity contribution in [3.05, 3.63) is 27.9 Å². The lowest BCUT2D eigenvalue weighted by molar-refractivity contribution is -0.385. The lowest BCUT2D eigenvalue weighted by Crippen LogP contribution is -2.21. The van der Waals surface area contributed by atoms with Gasteiger partial charge in [-0.05, 0) is 26.3 Å². The Labute approximate surface area is 106 Å². The Morgan fingerprint density at radius 2 is 2.39 bits per heavy atom. The van der Waals surface area contributed by atoms with Crippen LogP contribution in [0.3, 0.4) is 0 Å². The third kappa shape index (κ3) is 2.76. The van der Waals surface area contributed by atoms with Gasteiger partial charge in [0.1, 0.15) is 11.5 Å². The molecule has 1 aliphatic heterocycles. The minimum absolute atomic E-state index is 0.0538. The Kier molecular flexibility index (Phi) is 3.76. The molecular formula is C12H17N3O3. The molecule has 0 bridgehead atoms. The summed E-state index contributed by atoms with van der Waals surface area (Å²) in [4.78, 5) is 14.4. The summed E-state index contributed by atoms with van der Waals surface area (Å²) in [5.41, 5.74) is 0.485. The maximum Gasteiger partial charge on any atom is 0.290 e. The molecule has 2 rings (SSSR count). The van der Waals surface area contributed by atoms with Crippen LogP contribution in [0.4, 0.5) is 11.5 Å². The first kappa shape index (κ1) is 12.8. The van der Waals surface area contributed by atoms with E-state index in [0.29, 0.717) is 17.4 Å². The van der Waals surface area contributed by atoms with Crippen LogP contribution in [0.1, 0.15) is 19.0 Å². The van der Waals surface area contributed by atoms with Gasteiger partial charge in [-0.2, -0.15) is 0 Å². The van der Waals surface area contributed by atoms with Gasteiger partial charge in [0, 0.05) is 25.1 Å².